The number of carbonyl (C=O) groups is 1. The second-order valence-electron chi connectivity index (χ2n) is 4.86. The summed E-state index contributed by atoms with van der Waals surface area (Å²) in [5.41, 5.74) is 0.772. The topological polar surface area (TPSA) is 61.4 Å². The van der Waals surface area contributed by atoms with E-state index in [1.54, 1.807) is 31.2 Å². The highest BCUT2D eigenvalue weighted by molar-refractivity contribution is 6.30. The number of rotatable bonds is 6. The van der Waals surface area contributed by atoms with Crippen LogP contribution in [0.25, 0.3) is 0 Å². The second kappa shape index (κ2) is 7.48. The lowest BCUT2D eigenvalue weighted by atomic mass is 10.1. The van der Waals surface area contributed by atoms with E-state index in [-0.39, 0.29) is 18.0 Å². The van der Waals surface area contributed by atoms with E-state index in [0.29, 0.717) is 11.6 Å². The van der Waals surface area contributed by atoms with Crippen molar-refractivity contribution in [2.45, 2.75) is 39.0 Å². The Morgan fingerprint density at radius 1 is 1.26 bits per heavy atom. The summed E-state index contributed by atoms with van der Waals surface area (Å²) in [6, 6.07) is 6.77. The highest BCUT2D eigenvalue weighted by atomic mass is 35.5. The molecule has 0 aliphatic carbocycles. The summed E-state index contributed by atoms with van der Waals surface area (Å²) in [6.45, 7) is 5.90. The maximum absolute atomic E-state index is 11.7. The average Bonchev–Trinajstić information content (AvgIpc) is 2.35. The molecule has 1 amide bonds. The first-order valence-corrected chi connectivity index (χ1v) is 6.75. The molecule has 5 heteroatoms. The predicted octanol–water partition coefficient (Wildman–Crippen LogP) is 1.88. The number of hydrogen-bond acceptors (Lipinski definition) is 3. The minimum atomic E-state index is -0.661. The predicted molar refractivity (Wildman–Crippen MR) is 77.2 cm³/mol. The van der Waals surface area contributed by atoms with Crippen molar-refractivity contribution in [1.82, 2.24) is 10.6 Å². The van der Waals surface area contributed by atoms with Gasteiger partial charge in [-0.15, -0.1) is 0 Å². The zero-order valence-electron chi connectivity index (χ0n) is 11.5. The number of aliphatic hydroxyl groups is 1. The van der Waals surface area contributed by atoms with Gasteiger partial charge in [0.05, 0.1) is 12.1 Å². The van der Waals surface area contributed by atoms with E-state index < -0.39 is 6.10 Å². The molecule has 0 bridgehead atoms. The normalized spacial score (nSPS) is 14.2. The van der Waals surface area contributed by atoms with Crippen molar-refractivity contribution in [3.8, 4) is 0 Å². The first-order chi connectivity index (χ1) is 8.90. The van der Waals surface area contributed by atoms with Gasteiger partial charge in [-0.25, -0.2) is 0 Å². The molecule has 1 rings (SSSR count). The smallest absolute Gasteiger partial charge is 0.237 e. The highest BCUT2D eigenvalue weighted by Gasteiger charge is 2.15. The maximum Gasteiger partial charge on any atom is 0.237 e. The largest absolute Gasteiger partial charge is 0.387 e. The number of nitrogens with one attached hydrogen (secondary N) is 2. The van der Waals surface area contributed by atoms with Gasteiger partial charge in [-0.2, -0.15) is 0 Å². The molecule has 0 aromatic heterocycles. The molecule has 19 heavy (non-hydrogen) atoms. The minimum Gasteiger partial charge on any atom is -0.387 e. The number of hydrogen-bond donors (Lipinski definition) is 3. The summed E-state index contributed by atoms with van der Waals surface area (Å²) in [5.74, 6) is -0.0710. The van der Waals surface area contributed by atoms with Gasteiger partial charge in [0.2, 0.25) is 5.91 Å². The molecule has 0 spiro atoms. The van der Waals surface area contributed by atoms with Gasteiger partial charge in [0.1, 0.15) is 0 Å². The van der Waals surface area contributed by atoms with Crippen molar-refractivity contribution >= 4 is 17.5 Å². The third-order valence-electron chi connectivity index (χ3n) is 2.70. The van der Waals surface area contributed by atoms with E-state index in [2.05, 4.69) is 10.6 Å². The molecule has 0 heterocycles. The Labute approximate surface area is 119 Å². The summed E-state index contributed by atoms with van der Waals surface area (Å²) in [7, 11) is 0. The summed E-state index contributed by atoms with van der Waals surface area (Å²) in [5, 5.41) is 16.4. The van der Waals surface area contributed by atoms with Crippen LogP contribution in [0.1, 0.15) is 32.4 Å². The van der Waals surface area contributed by atoms with Gasteiger partial charge >= 0.3 is 0 Å². The third kappa shape index (κ3) is 5.59. The van der Waals surface area contributed by atoms with Gasteiger partial charge < -0.3 is 15.7 Å². The number of benzene rings is 1. The Balaban J connectivity index is 2.43. The molecular formula is C14H21ClN2O2. The van der Waals surface area contributed by atoms with Crippen LogP contribution in [0.15, 0.2) is 24.3 Å². The highest BCUT2D eigenvalue weighted by Crippen LogP contribution is 2.15. The van der Waals surface area contributed by atoms with Crippen LogP contribution in [0.4, 0.5) is 0 Å². The lowest BCUT2D eigenvalue weighted by Gasteiger charge is -2.18. The molecule has 3 N–H and O–H groups in total. The van der Waals surface area contributed by atoms with E-state index in [9.17, 15) is 9.90 Å². The first-order valence-electron chi connectivity index (χ1n) is 6.37. The Bertz CT molecular complexity index is 406. The van der Waals surface area contributed by atoms with Gasteiger partial charge in [-0.05, 0) is 38.5 Å². The molecule has 2 unspecified atom stereocenters. The van der Waals surface area contributed by atoms with Crippen molar-refractivity contribution in [3.05, 3.63) is 34.9 Å². The van der Waals surface area contributed by atoms with Crippen LogP contribution in [-0.4, -0.2) is 29.6 Å². The molecule has 0 saturated carbocycles. The van der Waals surface area contributed by atoms with E-state index >= 15 is 0 Å². The molecule has 0 radical (unpaired) electrons. The molecule has 0 aliphatic rings. The van der Waals surface area contributed by atoms with Gasteiger partial charge in [-0.1, -0.05) is 23.7 Å². The fourth-order valence-corrected chi connectivity index (χ4v) is 1.72. The van der Waals surface area contributed by atoms with Crippen LogP contribution >= 0.6 is 11.6 Å². The van der Waals surface area contributed by atoms with Gasteiger partial charge in [-0.3, -0.25) is 4.79 Å². The van der Waals surface area contributed by atoms with Crippen molar-refractivity contribution < 1.29 is 9.90 Å². The van der Waals surface area contributed by atoms with Crippen molar-refractivity contribution in [2.75, 3.05) is 6.54 Å². The van der Waals surface area contributed by atoms with Crippen LogP contribution in [0.3, 0.4) is 0 Å². The zero-order valence-corrected chi connectivity index (χ0v) is 12.2. The van der Waals surface area contributed by atoms with E-state index in [0.717, 1.165) is 5.56 Å². The van der Waals surface area contributed by atoms with Crippen LogP contribution in [0, 0.1) is 0 Å². The van der Waals surface area contributed by atoms with Crippen LogP contribution < -0.4 is 10.6 Å². The average molecular weight is 285 g/mol. The Kier molecular flexibility index (Phi) is 6.28. The van der Waals surface area contributed by atoms with Crippen LogP contribution in [-0.2, 0) is 4.79 Å². The summed E-state index contributed by atoms with van der Waals surface area (Å²) >= 11 is 5.78. The molecule has 0 saturated heterocycles. The summed E-state index contributed by atoms with van der Waals surface area (Å²) in [6.07, 6.45) is -0.661. The van der Waals surface area contributed by atoms with Crippen LogP contribution in [0.2, 0.25) is 5.02 Å². The zero-order chi connectivity index (χ0) is 14.4. The maximum atomic E-state index is 11.7. The Hall–Kier alpha value is -1.10. The Morgan fingerprint density at radius 3 is 2.37 bits per heavy atom. The number of aliphatic hydroxyl groups excluding tert-OH is 1. The van der Waals surface area contributed by atoms with E-state index in [1.165, 1.54) is 0 Å². The lowest BCUT2D eigenvalue weighted by molar-refractivity contribution is -0.123. The molecule has 1 aromatic rings. The minimum absolute atomic E-state index is 0.0710. The fourth-order valence-electron chi connectivity index (χ4n) is 1.59. The van der Waals surface area contributed by atoms with Gasteiger partial charge in [0, 0.05) is 17.6 Å². The second-order valence-corrected chi connectivity index (χ2v) is 5.30. The fraction of sp³-hybridized carbons (Fsp3) is 0.500. The summed E-state index contributed by atoms with van der Waals surface area (Å²) < 4.78 is 0. The molecule has 106 valence electrons. The molecule has 4 nitrogen and oxygen atoms in total. The van der Waals surface area contributed by atoms with Crippen molar-refractivity contribution in [2.24, 2.45) is 0 Å². The monoisotopic (exact) mass is 284 g/mol. The number of carbonyl (C=O) groups excluding carboxylic acids is 1. The van der Waals surface area contributed by atoms with Gasteiger partial charge in [0.15, 0.2) is 0 Å². The van der Waals surface area contributed by atoms with E-state index in [4.69, 9.17) is 11.6 Å². The van der Waals surface area contributed by atoms with Gasteiger partial charge in [0.25, 0.3) is 0 Å². The SMILES string of the molecule is CC(C)NC(=O)C(C)NCC(O)c1ccc(Cl)cc1. The van der Waals surface area contributed by atoms with E-state index in [1.807, 2.05) is 13.8 Å². The standard InChI is InChI=1S/C14H21ClN2O2/c1-9(2)17-14(19)10(3)16-8-13(18)11-4-6-12(15)7-5-11/h4-7,9-10,13,16,18H,8H2,1-3H3,(H,17,19). The molecule has 0 fully saturated rings. The number of halogens is 1. The first kappa shape index (κ1) is 16.0. The Morgan fingerprint density at radius 2 is 1.84 bits per heavy atom. The van der Waals surface area contributed by atoms with Crippen LogP contribution in [0.5, 0.6) is 0 Å². The molecule has 1 aromatic carbocycles. The quantitative estimate of drug-likeness (QED) is 0.747. The number of amides is 1. The van der Waals surface area contributed by atoms with Crippen molar-refractivity contribution in [3.63, 3.8) is 0 Å². The molecule has 0 aliphatic heterocycles. The third-order valence-corrected chi connectivity index (χ3v) is 2.95. The molecular weight excluding hydrogens is 264 g/mol. The summed E-state index contributed by atoms with van der Waals surface area (Å²) in [4.78, 5) is 11.7. The molecule has 2 atom stereocenters. The van der Waals surface area contributed by atoms with Crippen molar-refractivity contribution in [1.29, 1.82) is 0 Å². The lowest BCUT2D eigenvalue weighted by Crippen LogP contribution is -2.45.